The SMILES string of the molecule is CC[Si](CC)(CC)O[C@H]1C(=O)N[C@H]1C1(C)COC1. The Hall–Kier alpha value is -0.393. The highest BCUT2D eigenvalue weighted by molar-refractivity contribution is 6.73. The molecule has 5 heteroatoms. The van der Waals surface area contributed by atoms with Gasteiger partial charge in [0.15, 0.2) is 8.32 Å². The molecule has 2 aliphatic heterocycles. The second-order valence-corrected chi connectivity index (χ2v) is 10.6. The summed E-state index contributed by atoms with van der Waals surface area (Å²) in [4.78, 5) is 11.8. The van der Waals surface area contributed by atoms with Gasteiger partial charge in [-0.2, -0.15) is 0 Å². The van der Waals surface area contributed by atoms with Crippen LogP contribution in [0.3, 0.4) is 0 Å². The van der Waals surface area contributed by atoms with Crippen LogP contribution in [0.4, 0.5) is 0 Å². The maximum absolute atomic E-state index is 11.8. The second kappa shape index (κ2) is 4.94. The minimum absolute atomic E-state index is 0.0698. The Morgan fingerprint density at radius 2 is 1.89 bits per heavy atom. The number of amides is 1. The Bertz CT molecular complexity index is 318. The van der Waals surface area contributed by atoms with E-state index in [1.807, 2.05) is 0 Å². The van der Waals surface area contributed by atoms with Crippen LogP contribution in [-0.2, 0) is 14.0 Å². The Labute approximate surface area is 111 Å². The van der Waals surface area contributed by atoms with Crippen molar-refractivity contribution in [2.45, 2.75) is 58.0 Å². The summed E-state index contributed by atoms with van der Waals surface area (Å²) in [6.45, 7) is 10.2. The normalized spacial score (nSPS) is 30.3. The first-order valence-electron chi connectivity index (χ1n) is 7.06. The van der Waals surface area contributed by atoms with E-state index in [1.54, 1.807) is 0 Å². The average Bonchev–Trinajstić information content (AvgIpc) is 2.35. The van der Waals surface area contributed by atoms with Gasteiger partial charge >= 0.3 is 0 Å². The van der Waals surface area contributed by atoms with Crippen LogP contribution < -0.4 is 5.32 Å². The molecule has 0 spiro atoms. The van der Waals surface area contributed by atoms with Crippen LogP contribution in [0.2, 0.25) is 18.1 Å². The van der Waals surface area contributed by atoms with Gasteiger partial charge in [-0.1, -0.05) is 27.7 Å². The number of ether oxygens (including phenoxy) is 1. The molecule has 0 saturated carbocycles. The summed E-state index contributed by atoms with van der Waals surface area (Å²) in [5.74, 6) is 0.0698. The maximum Gasteiger partial charge on any atom is 0.250 e. The molecule has 0 radical (unpaired) electrons. The number of nitrogens with one attached hydrogen (secondary N) is 1. The molecule has 0 aromatic carbocycles. The van der Waals surface area contributed by atoms with Crippen LogP contribution in [0.25, 0.3) is 0 Å². The number of hydrogen-bond acceptors (Lipinski definition) is 3. The lowest BCUT2D eigenvalue weighted by atomic mass is 9.74. The molecule has 0 aromatic heterocycles. The van der Waals surface area contributed by atoms with Crippen molar-refractivity contribution in [3.63, 3.8) is 0 Å². The van der Waals surface area contributed by atoms with E-state index < -0.39 is 8.32 Å². The van der Waals surface area contributed by atoms with Crippen LogP contribution in [0.15, 0.2) is 0 Å². The summed E-state index contributed by atoms with van der Waals surface area (Å²) >= 11 is 0. The molecule has 104 valence electrons. The number of carbonyl (C=O) groups excluding carboxylic acids is 1. The molecule has 2 saturated heterocycles. The van der Waals surface area contributed by atoms with Gasteiger partial charge < -0.3 is 14.5 Å². The molecule has 4 nitrogen and oxygen atoms in total. The molecule has 18 heavy (non-hydrogen) atoms. The molecule has 0 aromatic rings. The first-order valence-corrected chi connectivity index (χ1v) is 9.59. The Morgan fingerprint density at radius 3 is 2.22 bits per heavy atom. The molecule has 1 N–H and O–H groups in total. The fourth-order valence-electron chi connectivity index (χ4n) is 2.90. The zero-order valence-electron chi connectivity index (χ0n) is 11.9. The monoisotopic (exact) mass is 271 g/mol. The van der Waals surface area contributed by atoms with Gasteiger partial charge in [0.25, 0.3) is 0 Å². The van der Waals surface area contributed by atoms with E-state index in [0.717, 1.165) is 31.3 Å². The third-order valence-corrected chi connectivity index (χ3v) is 9.40. The minimum Gasteiger partial charge on any atom is -0.403 e. The fourth-order valence-corrected chi connectivity index (χ4v) is 5.68. The topological polar surface area (TPSA) is 47.6 Å². The quantitative estimate of drug-likeness (QED) is 0.593. The Morgan fingerprint density at radius 1 is 1.33 bits per heavy atom. The van der Waals surface area contributed by atoms with E-state index in [-0.39, 0.29) is 23.5 Å². The Balaban J connectivity index is 2.04. The van der Waals surface area contributed by atoms with Crippen molar-refractivity contribution in [1.29, 1.82) is 0 Å². The van der Waals surface area contributed by atoms with Crippen LogP contribution >= 0.6 is 0 Å². The van der Waals surface area contributed by atoms with Gasteiger partial charge in [0.05, 0.1) is 19.3 Å². The van der Waals surface area contributed by atoms with Gasteiger partial charge in [-0.3, -0.25) is 4.79 Å². The molecule has 2 aliphatic rings. The molecular formula is C13H25NO3Si. The van der Waals surface area contributed by atoms with Crippen LogP contribution in [0.5, 0.6) is 0 Å². The maximum atomic E-state index is 11.8. The zero-order chi connectivity index (χ0) is 13.4. The van der Waals surface area contributed by atoms with Gasteiger partial charge in [0, 0.05) is 5.41 Å². The largest absolute Gasteiger partial charge is 0.403 e. The van der Waals surface area contributed by atoms with Crippen molar-refractivity contribution in [3.05, 3.63) is 0 Å². The molecule has 1 amide bonds. The molecular weight excluding hydrogens is 246 g/mol. The summed E-state index contributed by atoms with van der Waals surface area (Å²) < 4.78 is 11.6. The standard InChI is InChI=1S/C13H25NO3Si/c1-5-18(6-2,7-3)17-10-11(14-12(10)15)13(4)8-16-9-13/h10-11H,5-9H2,1-4H3,(H,14,15)/t10-,11-/m1/s1. The van der Waals surface area contributed by atoms with Gasteiger partial charge in [0.1, 0.15) is 6.10 Å². The zero-order valence-corrected chi connectivity index (χ0v) is 12.9. The predicted molar refractivity (Wildman–Crippen MR) is 72.9 cm³/mol. The highest BCUT2D eigenvalue weighted by Gasteiger charge is 2.56. The van der Waals surface area contributed by atoms with E-state index in [4.69, 9.17) is 9.16 Å². The lowest BCUT2D eigenvalue weighted by Gasteiger charge is -2.53. The minimum atomic E-state index is -1.70. The Kier molecular flexibility index (Phi) is 3.85. The molecule has 2 atom stereocenters. The molecule has 2 rings (SSSR count). The third kappa shape index (κ3) is 2.12. The van der Waals surface area contributed by atoms with Crippen LogP contribution in [0.1, 0.15) is 27.7 Å². The van der Waals surface area contributed by atoms with E-state index >= 15 is 0 Å². The van der Waals surface area contributed by atoms with E-state index in [2.05, 4.69) is 33.0 Å². The lowest BCUT2D eigenvalue weighted by molar-refractivity contribution is -0.175. The van der Waals surface area contributed by atoms with Crippen molar-refractivity contribution in [3.8, 4) is 0 Å². The number of β-lactam (4-membered cyclic amide) rings is 1. The lowest BCUT2D eigenvalue weighted by Crippen LogP contribution is -2.74. The highest BCUT2D eigenvalue weighted by Crippen LogP contribution is 2.38. The average molecular weight is 271 g/mol. The highest BCUT2D eigenvalue weighted by atomic mass is 28.4. The predicted octanol–water partition coefficient (Wildman–Crippen LogP) is 1.91. The first kappa shape index (κ1) is 14.0. The molecule has 2 heterocycles. The molecule has 0 aliphatic carbocycles. The van der Waals surface area contributed by atoms with Gasteiger partial charge in [-0.05, 0) is 18.1 Å². The molecule has 0 bridgehead atoms. The van der Waals surface area contributed by atoms with Crippen LogP contribution in [-0.4, -0.2) is 39.6 Å². The fraction of sp³-hybridized carbons (Fsp3) is 0.923. The van der Waals surface area contributed by atoms with E-state index in [9.17, 15) is 4.79 Å². The summed E-state index contributed by atoms with van der Waals surface area (Å²) in [6.07, 6.45) is -0.231. The summed E-state index contributed by atoms with van der Waals surface area (Å²) in [7, 11) is -1.70. The molecule has 0 unspecified atom stereocenters. The van der Waals surface area contributed by atoms with Crippen molar-refractivity contribution >= 4 is 14.2 Å². The van der Waals surface area contributed by atoms with Crippen molar-refractivity contribution in [1.82, 2.24) is 5.32 Å². The van der Waals surface area contributed by atoms with E-state index in [1.165, 1.54) is 0 Å². The number of rotatable bonds is 6. The summed E-state index contributed by atoms with van der Waals surface area (Å²) in [6, 6.07) is 3.41. The van der Waals surface area contributed by atoms with E-state index in [0.29, 0.717) is 0 Å². The number of carbonyl (C=O) groups is 1. The van der Waals surface area contributed by atoms with Crippen molar-refractivity contribution in [2.24, 2.45) is 5.41 Å². The van der Waals surface area contributed by atoms with Gasteiger partial charge in [-0.25, -0.2) is 0 Å². The number of hydrogen-bond donors (Lipinski definition) is 1. The van der Waals surface area contributed by atoms with Crippen LogP contribution in [0, 0.1) is 5.41 Å². The summed E-state index contributed by atoms with van der Waals surface area (Å²) in [5, 5.41) is 3.01. The van der Waals surface area contributed by atoms with Crippen molar-refractivity contribution < 1.29 is 14.0 Å². The van der Waals surface area contributed by atoms with Gasteiger partial charge in [0.2, 0.25) is 5.91 Å². The van der Waals surface area contributed by atoms with Gasteiger partial charge in [-0.15, -0.1) is 0 Å². The van der Waals surface area contributed by atoms with Crippen molar-refractivity contribution in [2.75, 3.05) is 13.2 Å². The third-order valence-electron chi connectivity index (χ3n) is 4.78. The second-order valence-electron chi connectivity index (χ2n) is 5.92. The smallest absolute Gasteiger partial charge is 0.250 e. The first-order chi connectivity index (χ1) is 8.50. The molecule has 2 fully saturated rings. The summed E-state index contributed by atoms with van der Waals surface area (Å²) in [5.41, 5.74) is 0.0773.